The first-order chi connectivity index (χ1) is 9.87. The van der Waals surface area contributed by atoms with Gasteiger partial charge in [-0.05, 0) is 32.6 Å². The first kappa shape index (κ1) is 14.3. The number of urea groups is 1. The van der Waals surface area contributed by atoms with Gasteiger partial charge < -0.3 is 16.0 Å². The van der Waals surface area contributed by atoms with Crippen LogP contribution in [0.3, 0.4) is 0 Å². The van der Waals surface area contributed by atoms with Crippen molar-refractivity contribution in [2.75, 3.05) is 13.1 Å². The average molecular weight is 294 g/mol. The van der Waals surface area contributed by atoms with E-state index < -0.39 is 17.0 Å². The minimum atomic E-state index is -0.954. The fraction of sp³-hybridized carbons (Fsp3) is 0.786. The molecular weight excluding hydrogens is 272 g/mol. The predicted octanol–water partition coefficient (Wildman–Crippen LogP) is -0.295. The molecule has 0 aromatic heterocycles. The van der Waals surface area contributed by atoms with E-state index in [1.807, 2.05) is 6.92 Å². The zero-order valence-electron chi connectivity index (χ0n) is 12.3. The third kappa shape index (κ3) is 2.10. The van der Waals surface area contributed by atoms with Gasteiger partial charge in [-0.3, -0.25) is 14.9 Å². The third-order valence-electron chi connectivity index (χ3n) is 5.31. The Bertz CT molecular complexity index is 508. The molecule has 116 valence electrons. The summed E-state index contributed by atoms with van der Waals surface area (Å²) >= 11 is 0. The van der Waals surface area contributed by atoms with Crippen molar-refractivity contribution < 1.29 is 14.4 Å². The van der Waals surface area contributed by atoms with Crippen LogP contribution in [0, 0.1) is 5.41 Å². The van der Waals surface area contributed by atoms with Gasteiger partial charge in [-0.15, -0.1) is 0 Å². The molecule has 1 aliphatic carbocycles. The third-order valence-corrected chi connectivity index (χ3v) is 5.31. The summed E-state index contributed by atoms with van der Waals surface area (Å²) in [5.74, 6) is -0.314. The molecule has 3 unspecified atom stereocenters. The van der Waals surface area contributed by atoms with Crippen LogP contribution in [0.25, 0.3) is 0 Å². The van der Waals surface area contributed by atoms with Crippen LogP contribution in [0.15, 0.2) is 0 Å². The lowest BCUT2D eigenvalue weighted by atomic mass is 9.81. The lowest BCUT2D eigenvalue weighted by Crippen LogP contribution is -2.62. The van der Waals surface area contributed by atoms with E-state index in [0.29, 0.717) is 19.4 Å². The van der Waals surface area contributed by atoms with Crippen LogP contribution in [0.1, 0.15) is 39.0 Å². The average Bonchev–Trinajstić information content (AvgIpc) is 2.91. The van der Waals surface area contributed by atoms with Crippen molar-refractivity contribution in [2.24, 2.45) is 11.1 Å². The summed E-state index contributed by atoms with van der Waals surface area (Å²) in [5.41, 5.74) is 4.62. The van der Waals surface area contributed by atoms with Gasteiger partial charge in [0.15, 0.2) is 0 Å². The second-order valence-electron chi connectivity index (χ2n) is 6.74. The molecule has 4 N–H and O–H groups in total. The van der Waals surface area contributed by atoms with Crippen LogP contribution in [0.4, 0.5) is 4.79 Å². The Morgan fingerprint density at radius 2 is 2.10 bits per heavy atom. The number of amides is 4. The van der Waals surface area contributed by atoms with Gasteiger partial charge in [0.2, 0.25) is 5.91 Å². The van der Waals surface area contributed by atoms with Crippen molar-refractivity contribution >= 4 is 17.8 Å². The Labute approximate surface area is 123 Å². The van der Waals surface area contributed by atoms with Gasteiger partial charge in [0.1, 0.15) is 5.54 Å². The fourth-order valence-electron chi connectivity index (χ4n) is 3.86. The largest absolute Gasteiger partial charge is 0.339 e. The van der Waals surface area contributed by atoms with Crippen LogP contribution in [-0.2, 0) is 9.59 Å². The Morgan fingerprint density at radius 1 is 1.33 bits per heavy atom. The van der Waals surface area contributed by atoms with Crippen molar-refractivity contribution in [1.29, 1.82) is 0 Å². The van der Waals surface area contributed by atoms with E-state index >= 15 is 0 Å². The summed E-state index contributed by atoms with van der Waals surface area (Å²) in [5, 5.41) is 4.97. The Morgan fingerprint density at radius 3 is 2.67 bits per heavy atom. The first-order valence-electron chi connectivity index (χ1n) is 7.56. The molecule has 3 fully saturated rings. The number of nitrogens with one attached hydrogen (secondary N) is 2. The highest BCUT2D eigenvalue weighted by Crippen LogP contribution is 2.39. The lowest BCUT2D eigenvalue weighted by molar-refractivity contribution is -0.145. The van der Waals surface area contributed by atoms with Crippen LogP contribution in [0.5, 0.6) is 0 Å². The number of hydrogen-bond donors (Lipinski definition) is 3. The molecule has 0 radical (unpaired) electrons. The summed E-state index contributed by atoms with van der Waals surface area (Å²) in [6, 6.07) is -0.604. The number of hydrogen-bond acceptors (Lipinski definition) is 4. The number of carbonyl (C=O) groups is 3. The van der Waals surface area contributed by atoms with E-state index in [1.54, 1.807) is 4.90 Å². The van der Waals surface area contributed by atoms with Crippen molar-refractivity contribution in [3.8, 4) is 0 Å². The van der Waals surface area contributed by atoms with E-state index in [2.05, 4.69) is 10.6 Å². The molecule has 0 aromatic carbocycles. The Balaban J connectivity index is 1.79. The molecule has 3 rings (SSSR count). The number of piperidine rings is 1. The maximum Gasteiger partial charge on any atom is 0.322 e. The van der Waals surface area contributed by atoms with Crippen LogP contribution >= 0.6 is 0 Å². The van der Waals surface area contributed by atoms with Crippen molar-refractivity contribution in [1.82, 2.24) is 15.5 Å². The molecule has 2 heterocycles. The van der Waals surface area contributed by atoms with E-state index in [1.165, 1.54) is 0 Å². The highest BCUT2D eigenvalue weighted by molar-refractivity contribution is 6.07. The van der Waals surface area contributed by atoms with Gasteiger partial charge in [-0.25, -0.2) is 4.79 Å². The smallest absolute Gasteiger partial charge is 0.322 e. The number of carbonyl (C=O) groups excluding carboxylic acids is 3. The number of nitrogens with zero attached hydrogens (tertiary/aromatic N) is 1. The maximum atomic E-state index is 12.9. The van der Waals surface area contributed by atoms with E-state index in [4.69, 9.17) is 5.73 Å². The predicted molar refractivity (Wildman–Crippen MR) is 75.2 cm³/mol. The van der Waals surface area contributed by atoms with Gasteiger partial charge in [0.25, 0.3) is 5.91 Å². The highest BCUT2D eigenvalue weighted by atomic mass is 16.2. The van der Waals surface area contributed by atoms with E-state index in [-0.39, 0.29) is 24.4 Å². The second-order valence-corrected chi connectivity index (χ2v) is 6.74. The van der Waals surface area contributed by atoms with Gasteiger partial charge in [-0.2, -0.15) is 0 Å². The first-order valence-corrected chi connectivity index (χ1v) is 7.56. The number of nitrogens with two attached hydrogens (primary N) is 1. The molecule has 0 bridgehead atoms. The zero-order chi connectivity index (χ0) is 15.3. The van der Waals surface area contributed by atoms with Gasteiger partial charge in [0.05, 0.1) is 12.0 Å². The topological polar surface area (TPSA) is 105 Å². The minimum absolute atomic E-state index is 0.0144. The molecule has 21 heavy (non-hydrogen) atoms. The molecule has 2 saturated heterocycles. The van der Waals surface area contributed by atoms with Crippen LogP contribution < -0.4 is 16.4 Å². The van der Waals surface area contributed by atoms with Crippen molar-refractivity contribution in [3.63, 3.8) is 0 Å². The number of likely N-dealkylation sites (tertiary alicyclic amines) is 1. The SMILES string of the molecule is CC1(C(=O)N2CCCC3(C2)NC(=O)NC3=O)CCCC1N. The minimum Gasteiger partial charge on any atom is -0.339 e. The molecule has 3 aliphatic rings. The van der Waals surface area contributed by atoms with Crippen molar-refractivity contribution in [2.45, 2.75) is 50.6 Å². The van der Waals surface area contributed by atoms with E-state index in [9.17, 15) is 14.4 Å². The van der Waals surface area contributed by atoms with Gasteiger partial charge in [-0.1, -0.05) is 6.42 Å². The molecule has 2 aliphatic heterocycles. The lowest BCUT2D eigenvalue weighted by Gasteiger charge is -2.42. The molecule has 7 heteroatoms. The normalized spacial score (nSPS) is 39.5. The van der Waals surface area contributed by atoms with E-state index in [0.717, 1.165) is 19.3 Å². The zero-order valence-corrected chi connectivity index (χ0v) is 12.3. The van der Waals surface area contributed by atoms with Crippen LogP contribution in [0.2, 0.25) is 0 Å². The summed E-state index contributed by atoms with van der Waals surface area (Å²) < 4.78 is 0. The number of imide groups is 1. The van der Waals surface area contributed by atoms with Gasteiger partial charge in [0, 0.05) is 12.6 Å². The Hall–Kier alpha value is -1.63. The summed E-state index contributed by atoms with van der Waals surface area (Å²) in [4.78, 5) is 38.0. The molecule has 1 saturated carbocycles. The Kier molecular flexibility index (Phi) is 3.20. The summed E-state index contributed by atoms with van der Waals surface area (Å²) in [6.45, 7) is 2.78. The quantitative estimate of drug-likeness (QED) is 0.578. The fourth-order valence-corrected chi connectivity index (χ4v) is 3.86. The van der Waals surface area contributed by atoms with Crippen LogP contribution in [-0.4, -0.2) is 47.4 Å². The maximum absolute atomic E-state index is 12.9. The summed E-state index contributed by atoms with van der Waals surface area (Å²) in [6.07, 6.45) is 3.87. The highest BCUT2D eigenvalue weighted by Gasteiger charge is 2.52. The second kappa shape index (κ2) is 4.69. The number of rotatable bonds is 1. The molecule has 4 amide bonds. The standard InChI is InChI=1S/C14H22N4O3/c1-13(5-2-4-9(13)15)11(20)18-7-3-6-14(8-18)10(19)16-12(21)17-14/h9H,2-8,15H2,1H3,(H2,16,17,19,21). The van der Waals surface area contributed by atoms with Gasteiger partial charge >= 0.3 is 6.03 Å². The summed E-state index contributed by atoms with van der Waals surface area (Å²) in [7, 11) is 0. The molecule has 1 spiro atoms. The monoisotopic (exact) mass is 294 g/mol. The molecule has 3 atom stereocenters. The molecular formula is C14H22N4O3. The molecule has 0 aromatic rings. The van der Waals surface area contributed by atoms with Crippen molar-refractivity contribution in [3.05, 3.63) is 0 Å². The molecule has 7 nitrogen and oxygen atoms in total.